The van der Waals surface area contributed by atoms with Crippen LogP contribution >= 0.6 is 0 Å². The van der Waals surface area contributed by atoms with E-state index in [2.05, 4.69) is 4.74 Å². The van der Waals surface area contributed by atoms with E-state index in [1.54, 1.807) is 0 Å². The van der Waals surface area contributed by atoms with Crippen molar-refractivity contribution in [2.24, 2.45) is 0 Å². The summed E-state index contributed by atoms with van der Waals surface area (Å²) in [6.07, 6.45) is -4.32. The van der Waals surface area contributed by atoms with Gasteiger partial charge in [0.25, 0.3) is 0 Å². The van der Waals surface area contributed by atoms with Crippen LogP contribution in [0.5, 0.6) is 0 Å². The summed E-state index contributed by atoms with van der Waals surface area (Å²) in [4.78, 5) is 10.1. The van der Waals surface area contributed by atoms with Crippen molar-refractivity contribution in [1.82, 2.24) is 0 Å². The van der Waals surface area contributed by atoms with E-state index in [0.29, 0.717) is 0 Å². The van der Waals surface area contributed by atoms with Gasteiger partial charge in [0.05, 0.1) is 6.42 Å². The van der Waals surface area contributed by atoms with Crippen molar-refractivity contribution in [2.45, 2.75) is 19.0 Å². The zero-order chi connectivity index (χ0) is 12.6. The molecule has 0 aliphatic heterocycles. The highest BCUT2D eigenvalue weighted by Crippen LogP contribution is 2.14. The SMILES string of the molecule is O=C(O)CCS(=O)CCCOCC(F)(F)F. The quantitative estimate of drug-likeness (QED) is 0.667. The van der Waals surface area contributed by atoms with Crippen LogP contribution in [0.4, 0.5) is 13.2 Å². The summed E-state index contributed by atoms with van der Waals surface area (Å²) in [6.45, 7) is -1.44. The van der Waals surface area contributed by atoms with E-state index in [-0.39, 0.29) is 31.0 Å². The number of carboxylic acids is 1. The van der Waals surface area contributed by atoms with Crippen LogP contribution in [-0.2, 0) is 20.3 Å². The molecule has 1 unspecified atom stereocenters. The van der Waals surface area contributed by atoms with Gasteiger partial charge < -0.3 is 9.84 Å². The fourth-order valence-corrected chi connectivity index (χ4v) is 1.86. The molecule has 0 spiro atoms. The molecule has 0 radical (unpaired) electrons. The predicted octanol–water partition coefficient (Wildman–Crippen LogP) is 1.18. The minimum atomic E-state index is -4.34. The number of aliphatic carboxylic acids is 1. The summed E-state index contributed by atoms with van der Waals surface area (Å²) in [5, 5.41) is 8.28. The Hall–Kier alpha value is -0.630. The number of halogens is 3. The Morgan fingerprint density at radius 2 is 1.94 bits per heavy atom. The van der Waals surface area contributed by atoms with E-state index < -0.39 is 29.6 Å². The zero-order valence-electron chi connectivity index (χ0n) is 8.46. The second-order valence-electron chi connectivity index (χ2n) is 3.01. The standard InChI is InChI=1S/C8H13F3O4S/c9-8(10,11)6-15-3-1-4-16(14)5-2-7(12)13/h1-6H2,(H,12,13). The molecule has 0 saturated heterocycles. The number of hydrogen-bond acceptors (Lipinski definition) is 3. The van der Waals surface area contributed by atoms with Gasteiger partial charge in [-0.15, -0.1) is 0 Å². The lowest BCUT2D eigenvalue weighted by molar-refractivity contribution is -0.173. The van der Waals surface area contributed by atoms with E-state index in [1.165, 1.54) is 0 Å². The summed E-state index contributed by atoms with van der Waals surface area (Å²) in [5.74, 6) is -0.860. The van der Waals surface area contributed by atoms with Gasteiger partial charge in [-0.25, -0.2) is 0 Å². The van der Waals surface area contributed by atoms with Gasteiger partial charge in [-0.05, 0) is 6.42 Å². The molecule has 0 amide bonds. The maximum atomic E-state index is 11.6. The van der Waals surface area contributed by atoms with Crippen LogP contribution in [0.15, 0.2) is 0 Å². The fourth-order valence-electron chi connectivity index (χ4n) is 0.813. The first-order valence-electron chi connectivity index (χ1n) is 4.52. The topological polar surface area (TPSA) is 63.6 Å². The second-order valence-corrected chi connectivity index (χ2v) is 4.71. The Labute approximate surface area is 93.2 Å². The maximum absolute atomic E-state index is 11.6. The van der Waals surface area contributed by atoms with E-state index in [1.807, 2.05) is 0 Å². The van der Waals surface area contributed by atoms with Crippen LogP contribution in [-0.4, -0.2) is 46.2 Å². The molecule has 0 saturated carbocycles. The lowest BCUT2D eigenvalue weighted by Gasteiger charge is -2.06. The number of rotatable bonds is 8. The number of alkyl halides is 3. The van der Waals surface area contributed by atoms with Crippen LogP contribution in [0.25, 0.3) is 0 Å². The van der Waals surface area contributed by atoms with Crippen LogP contribution in [0.1, 0.15) is 12.8 Å². The van der Waals surface area contributed by atoms with Gasteiger partial charge in [0.2, 0.25) is 0 Å². The maximum Gasteiger partial charge on any atom is 0.411 e. The third-order valence-corrected chi connectivity index (χ3v) is 2.87. The Kier molecular flexibility index (Phi) is 7.31. The highest BCUT2D eigenvalue weighted by molar-refractivity contribution is 7.84. The van der Waals surface area contributed by atoms with Crippen LogP contribution < -0.4 is 0 Å². The molecule has 1 N–H and O–H groups in total. The van der Waals surface area contributed by atoms with Gasteiger partial charge in [-0.1, -0.05) is 0 Å². The third kappa shape index (κ3) is 11.4. The Bertz CT molecular complexity index is 242. The van der Waals surface area contributed by atoms with Gasteiger partial charge >= 0.3 is 12.1 Å². The van der Waals surface area contributed by atoms with E-state index in [4.69, 9.17) is 5.11 Å². The highest BCUT2D eigenvalue weighted by atomic mass is 32.2. The highest BCUT2D eigenvalue weighted by Gasteiger charge is 2.27. The van der Waals surface area contributed by atoms with Gasteiger partial charge in [0.1, 0.15) is 6.61 Å². The molecule has 8 heteroatoms. The molecular formula is C8H13F3O4S. The molecular weight excluding hydrogens is 249 g/mol. The number of carbonyl (C=O) groups is 1. The molecule has 16 heavy (non-hydrogen) atoms. The monoisotopic (exact) mass is 262 g/mol. The summed E-state index contributed by atoms with van der Waals surface area (Å²) >= 11 is 0. The Morgan fingerprint density at radius 1 is 1.31 bits per heavy atom. The van der Waals surface area contributed by atoms with Crippen molar-refractivity contribution < 1.29 is 32.0 Å². The average Bonchev–Trinajstić information content (AvgIpc) is 2.12. The van der Waals surface area contributed by atoms with Crippen molar-refractivity contribution in [2.75, 3.05) is 24.7 Å². The van der Waals surface area contributed by atoms with Crippen molar-refractivity contribution in [3.05, 3.63) is 0 Å². The summed E-state index contributed by atoms with van der Waals surface area (Å²) in [7, 11) is -1.31. The predicted molar refractivity (Wildman–Crippen MR) is 51.6 cm³/mol. The van der Waals surface area contributed by atoms with E-state index >= 15 is 0 Å². The van der Waals surface area contributed by atoms with Crippen molar-refractivity contribution in [1.29, 1.82) is 0 Å². The molecule has 4 nitrogen and oxygen atoms in total. The number of ether oxygens (including phenoxy) is 1. The molecule has 96 valence electrons. The normalized spacial score (nSPS) is 13.7. The van der Waals surface area contributed by atoms with Crippen LogP contribution in [0.3, 0.4) is 0 Å². The molecule has 0 rings (SSSR count). The number of hydrogen-bond donors (Lipinski definition) is 1. The third-order valence-electron chi connectivity index (χ3n) is 1.47. The molecule has 0 aromatic carbocycles. The first-order chi connectivity index (χ1) is 7.31. The summed E-state index contributed by atoms with van der Waals surface area (Å²) in [6, 6.07) is 0. The largest absolute Gasteiger partial charge is 0.481 e. The summed E-state index contributed by atoms with van der Waals surface area (Å²) < 4.78 is 50.2. The first kappa shape index (κ1) is 15.4. The van der Waals surface area contributed by atoms with Gasteiger partial charge in [0, 0.05) is 28.9 Å². The Morgan fingerprint density at radius 3 is 2.44 bits per heavy atom. The lowest BCUT2D eigenvalue weighted by atomic mass is 10.5. The van der Waals surface area contributed by atoms with Gasteiger partial charge in [-0.2, -0.15) is 13.2 Å². The minimum Gasteiger partial charge on any atom is -0.481 e. The smallest absolute Gasteiger partial charge is 0.411 e. The van der Waals surface area contributed by atoms with Crippen molar-refractivity contribution >= 4 is 16.8 Å². The molecule has 0 bridgehead atoms. The second kappa shape index (κ2) is 7.61. The molecule has 0 aliphatic rings. The van der Waals surface area contributed by atoms with Crippen molar-refractivity contribution in [3.8, 4) is 0 Å². The van der Waals surface area contributed by atoms with Crippen LogP contribution in [0.2, 0.25) is 0 Å². The molecule has 0 aliphatic carbocycles. The van der Waals surface area contributed by atoms with E-state index in [9.17, 15) is 22.2 Å². The average molecular weight is 262 g/mol. The van der Waals surface area contributed by atoms with E-state index in [0.717, 1.165) is 0 Å². The van der Waals surface area contributed by atoms with Crippen LogP contribution in [0, 0.1) is 0 Å². The fraction of sp³-hybridized carbons (Fsp3) is 0.875. The Balaban J connectivity index is 3.38. The summed E-state index contributed by atoms with van der Waals surface area (Å²) in [5.41, 5.74) is 0. The molecule has 0 aromatic rings. The number of carboxylic acid groups (broad SMARTS) is 1. The molecule has 0 aromatic heterocycles. The van der Waals surface area contributed by atoms with Gasteiger partial charge in [0.15, 0.2) is 0 Å². The van der Waals surface area contributed by atoms with Gasteiger partial charge in [-0.3, -0.25) is 9.00 Å². The zero-order valence-corrected chi connectivity index (χ0v) is 9.27. The lowest BCUT2D eigenvalue weighted by Crippen LogP contribution is -2.18. The molecule has 0 fully saturated rings. The molecule has 1 atom stereocenters. The molecule has 0 heterocycles. The van der Waals surface area contributed by atoms with Crippen molar-refractivity contribution in [3.63, 3.8) is 0 Å². The minimum absolute atomic E-state index is 0.0224. The first-order valence-corrected chi connectivity index (χ1v) is 6.01.